The third kappa shape index (κ3) is 3.77. The van der Waals surface area contributed by atoms with Crippen LogP contribution in [0.4, 0.5) is 0 Å². The normalized spacial score (nSPS) is 26.2. The predicted molar refractivity (Wildman–Crippen MR) is 78.3 cm³/mol. The quantitative estimate of drug-likeness (QED) is 0.908. The largest absolute Gasteiger partial charge is 0.310 e. The van der Waals surface area contributed by atoms with Crippen molar-refractivity contribution in [3.63, 3.8) is 0 Å². The fraction of sp³-hybridized carbons (Fsp3) is 0.786. The van der Waals surface area contributed by atoms with Gasteiger partial charge in [-0.2, -0.15) is 0 Å². The van der Waals surface area contributed by atoms with Gasteiger partial charge in [-0.1, -0.05) is 6.92 Å². The molecule has 1 atom stereocenters. The van der Waals surface area contributed by atoms with Crippen molar-refractivity contribution in [1.29, 1.82) is 0 Å². The van der Waals surface area contributed by atoms with Crippen LogP contribution in [-0.4, -0.2) is 41.6 Å². The molecule has 3 nitrogen and oxygen atoms in total. The molecule has 0 bridgehead atoms. The molecule has 18 heavy (non-hydrogen) atoms. The Morgan fingerprint density at radius 2 is 2.39 bits per heavy atom. The Bertz CT molecular complexity index is 377. The predicted octanol–water partition coefficient (Wildman–Crippen LogP) is 2.46. The third-order valence-corrected chi connectivity index (χ3v) is 4.89. The van der Waals surface area contributed by atoms with E-state index in [2.05, 4.69) is 41.4 Å². The molecule has 0 radical (unpaired) electrons. The zero-order valence-electron chi connectivity index (χ0n) is 11.8. The van der Waals surface area contributed by atoms with Crippen LogP contribution in [0.5, 0.6) is 0 Å². The van der Waals surface area contributed by atoms with Gasteiger partial charge < -0.3 is 10.2 Å². The highest BCUT2D eigenvalue weighted by molar-refractivity contribution is 7.09. The summed E-state index contributed by atoms with van der Waals surface area (Å²) in [5.41, 5.74) is 1.45. The van der Waals surface area contributed by atoms with Gasteiger partial charge in [0.15, 0.2) is 0 Å². The van der Waals surface area contributed by atoms with Crippen LogP contribution in [-0.2, 0) is 6.42 Å². The lowest BCUT2D eigenvalue weighted by atomic mass is 9.98. The monoisotopic (exact) mass is 267 g/mol. The number of hydrogen-bond donors (Lipinski definition) is 1. The van der Waals surface area contributed by atoms with Gasteiger partial charge in [-0.3, -0.25) is 0 Å². The van der Waals surface area contributed by atoms with Crippen molar-refractivity contribution < 1.29 is 0 Å². The van der Waals surface area contributed by atoms with Crippen molar-refractivity contribution in [2.45, 2.75) is 45.6 Å². The van der Waals surface area contributed by atoms with E-state index in [0.29, 0.717) is 0 Å². The molecule has 1 aliphatic heterocycles. The smallest absolute Gasteiger partial charge is 0.0940 e. The maximum Gasteiger partial charge on any atom is 0.0940 e. The van der Waals surface area contributed by atoms with E-state index in [1.807, 2.05) is 0 Å². The minimum absolute atomic E-state index is 0.287. The zero-order chi connectivity index (χ0) is 13.0. The molecule has 0 aromatic carbocycles. The average molecular weight is 267 g/mol. The number of hydrogen-bond acceptors (Lipinski definition) is 4. The van der Waals surface area contributed by atoms with Crippen molar-refractivity contribution in [2.75, 3.05) is 26.2 Å². The maximum atomic E-state index is 4.55. The van der Waals surface area contributed by atoms with Crippen LogP contribution >= 0.6 is 11.3 Å². The standard InChI is InChI=1S/C14H25N3S/c1-4-14(3)11-17(8-5-7-15-14)9-6-13-16-12(2)10-18-13/h10,15H,4-9,11H2,1-3H3. The van der Waals surface area contributed by atoms with E-state index in [0.717, 1.165) is 31.7 Å². The average Bonchev–Trinajstić information content (AvgIpc) is 2.67. The highest BCUT2D eigenvalue weighted by atomic mass is 32.1. The molecule has 0 spiro atoms. The van der Waals surface area contributed by atoms with E-state index < -0.39 is 0 Å². The van der Waals surface area contributed by atoms with Gasteiger partial charge in [0.25, 0.3) is 0 Å². The Kier molecular flexibility index (Phi) is 4.76. The molecule has 4 heteroatoms. The van der Waals surface area contributed by atoms with E-state index in [1.54, 1.807) is 11.3 Å². The molecule has 0 aliphatic carbocycles. The van der Waals surface area contributed by atoms with E-state index in [9.17, 15) is 0 Å². The first-order valence-electron chi connectivity index (χ1n) is 7.00. The molecule has 1 unspecified atom stereocenters. The zero-order valence-corrected chi connectivity index (χ0v) is 12.6. The summed E-state index contributed by atoms with van der Waals surface area (Å²) in [6, 6.07) is 0. The first kappa shape index (κ1) is 14.0. The molecule has 1 saturated heterocycles. The summed E-state index contributed by atoms with van der Waals surface area (Å²) >= 11 is 1.80. The van der Waals surface area contributed by atoms with Crippen LogP contribution in [0.1, 0.15) is 37.4 Å². The van der Waals surface area contributed by atoms with Crippen LogP contribution in [0.3, 0.4) is 0 Å². The number of nitrogens with one attached hydrogen (secondary N) is 1. The van der Waals surface area contributed by atoms with E-state index in [1.165, 1.54) is 24.4 Å². The van der Waals surface area contributed by atoms with Gasteiger partial charge in [-0.25, -0.2) is 4.98 Å². The molecule has 102 valence electrons. The lowest BCUT2D eigenvalue weighted by molar-refractivity contribution is 0.217. The Labute approximate surface area is 115 Å². The van der Waals surface area contributed by atoms with Crippen LogP contribution < -0.4 is 5.32 Å². The fourth-order valence-corrected chi connectivity index (χ4v) is 3.29. The SMILES string of the molecule is CCC1(C)CN(CCc2nc(C)cs2)CCCN1. The Morgan fingerprint density at radius 1 is 1.56 bits per heavy atom. The lowest BCUT2D eigenvalue weighted by Crippen LogP contribution is -2.48. The highest BCUT2D eigenvalue weighted by Gasteiger charge is 2.26. The summed E-state index contributed by atoms with van der Waals surface area (Å²) in [4.78, 5) is 7.15. The molecular formula is C14H25N3S. The molecule has 2 rings (SSSR count). The molecule has 1 aromatic rings. The Hall–Kier alpha value is -0.450. The van der Waals surface area contributed by atoms with Crippen molar-refractivity contribution in [1.82, 2.24) is 15.2 Å². The van der Waals surface area contributed by atoms with Crippen molar-refractivity contribution in [2.24, 2.45) is 0 Å². The Balaban J connectivity index is 1.87. The fourth-order valence-electron chi connectivity index (χ4n) is 2.52. The van der Waals surface area contributed by atoms with Gasteiger partial charge in [0.1, 0.15) is 0 Å². The van der Waals surface area contributed by atoms with Crippen LogP contribution in [0.15, 0.2) is 5.38 Å². The van der Waals surface area contributed by atoms with Gasteiger partial charge in [-0.15, -0.1) is 11.3 Å². The summed E-state index contributed by atoms with van der Waals surface area (Å²) in [6.45, 7) is 11.4. The molecule has 1 aromatic heterocycles. The van der Waals surface area contributed by atoms with Crippen molar-refractivity contribution in [3.8, 4) is 0 Å². The molecule has 0 amide bonds. The first-order chi connectivity index (χ1) is 8.61. The maximum absolute atomic E-state index is 4.55. The van der Waals surface area contributed by atoms with E-state index in [4.69, 9.17) is 0 Å². The van der Waals surface area contributed by atoms with Crippen LogP contribution in [0.2, 0.25) is 0 Å². The third-order valence-electron chi connectivity index (χ3n) is 3.86. The van der Waals surface area contributed by atoms with Crippen molar-refractivity contribution >= 4 is 11.3 Å². The molecule has 1 aliphatic rings. The number of nitrogens with zero attached hydrogens (tertiary/aromatic N) is 2. The molecular weight excluding hydrogens is 242 g/mol. The van der Waals surface area contributed by atoms with Gasteiger partial charge in [-0.05, 0) is 39.8 Å². The van der Waals surface area contributed by atoms with Gasteiger partial charge in [0, 0.05) is 36.1 Å². The summed E-state index contributed by atoms with van der Waals surface area (Å²) in [5.74, 6) is 0. The topological polar surface area (TPSA) is 28.2 Å². The minimum Gasteiger partial charge on any atom is -0.310 e. The van der Waals surface area contributed by atoms with Crippen molar-refractivity contribution in [3.05, 3.63) is 16.1 Å². The second-order valence-corrected chi connectivity index (χ2v) is 6.55. The number of thiazole rings is 1. The second kappa shape index (κ2) is 6.13. The molecule has 2 heterocycles. The summed E-state index contributed by atoms with van der Waals surface area (Å²) < 4.78 is 0. The Morgan fingerprint density at radius 3 is 3.06 bits per heavy atom. The van der Waals surface area contributed by atoms with Gasteiger partial charge in [0.2, 0.25) is 0 Å². The summed E-state index contributed by atoms with van der Waals surface area (Å²) in [5, 5.41) is 7.11. The number of aromatic nitrogens is 1. The van der Waals surface area contributed by atoms with Crippen LogP contribution in [0.25, 0.3) is 0 Å². The summed E-state index contributed by atoms with van der Waals surface area (Å²) in [6.07, 6.45) is 3.55. The van der Waals surface area contributed by atoms with Gasteiger partial charge >= 0.3 is 0 Å². The molecule has 1 N–H and O–H groups in total. The number of aryl methyl sites for hydroxylation is 1. The molecule has 0 saturated carbocycles. The lowest BCUT2D eigenvalue weighted by Gasteiger charge is -2.32. The van der Waals surface area contributed by atoms with Crippen LogP contribution in [0, 0.1) is 6.92 Å². The highest BCUT2D eigenvalue weighted by Crippen LogP contribution is 2.16. The first-order valence-corrected chi connectivity index (χ1v) is 7.88. The molecule has 1 fully saturated rings. The second-order valence-electron chi connectivity index (χ2n) is 5.60. The summed E-state index contributed by atoms with van der Waals surface area (Å²) in [7, 11) is 0. The van der Waals surface area contributed by atoms with E-state index >= 15 is 0 Å². The van der Waals surface area contributed by atoms with E-state index in [-0.39, 0.29) is 5.54 Å². The number of rotatable bonds is 4. The minimum atomic E-state index is 0.287. The van der Waals surface area contributed by atoms with Gasteiger partial charge in [0.05, 0.1) is 5.01 Å².